The lowest BCUT2D eigenvalue weighted by Crippen LogP contribution is -2.57. The predicted octanol–water partition coefficient (Wildman–Crippen LogP) is 2.40. The second kappa shape index (κ2) is 15.7. The molecule has 0 saturated carbocycles. The summed E-state index contributed by atoms with van der Waals surface area (Å²) in [4.78, 5) is 38.2. The number of nitrogens with zero attached hydrogens (tertiary/aromatic N) is 7. The number of benzene rings is 1. The van der Waals surface area contributed by atoms with Gasteiger partial charge in [-0.3, -0.25) is 9.59 Å². The van der Waals surface area contributed by atoms with Gasteiger partial charge >= 0.3 is 12.1 Å². The second-order valence-corrected chi connectivity index (χ2v) is 11.0. The molecule has 2 aromatic rings. The molecule has 3 heterocycles. The highest BCUT2D eigenvalue weighted by Gasteiger charge is 2.40. The van der Waals surface area contributed by atoms with E-state index >= 15 is 0 Å². The Bertz CT molecular complexity index is 1480. The first-order valence-corrected chi connectivity index (χ1v) is 15.0. The number of nitrogens with one attached hydrogen (secondary N) is 3. The van der Waals surface area contributed by atoms with E-state index in [1.54, 1.807) is 28.1 Å². The zero-order valence-corrected chi connectivity index (χ0v) is 25.1. The van der Waals surface area contributed by atoms with Crippen LogP contribution in [0, 0.1) is 28.7 Å². The van der Waals surface area contributed by atoms with Crippen molar-refractivity contribution in [3.63, 3.8) is 0 Å². The number of nitriles is 2. The third-order valence-electron chi connectivity index (χ3n) is 7.94. The van der Waals surface area contributed by atoms with Crippen LogP contribution in [0.25, 0.3) is 0 Å². The highest BCUT2D eigenvalue weighted by atomic mass is 19.4. The number of amides is 1. The smallest absolute Gasteiger partial charge is 0.451 e. The van der Waals surface area contributed by atoms with E-state index in [0.29, 0.717) is 64.0 Å². The molecule has 2 aliphatic rings. The number of rotatable bonds is 12. The first-order valence-electron chi connectivity index (χ1n) is 15.0. The predicted molar refractivity (Wildman–Crippen MR) is 162 cm³/mol. The van der Waals surface area contributed by atoms with Crippen molar-refractivity contribution >= 4 is 29.5 Å². The van der Waals surface area contributed by atoms with Gasteiger partial charge in [0.25, 0.3) is 0 Å². The van der Waals surface area contributed by atoms with Gasteiger partial charge in [-0.2, -0.15) is 23.7 Å². The molecule has 16 heteroatoms. The van der Waals surface area contributed by atoms with Crippen LogP contribution in [0.1, 0.15) is 49.1 Å². The first kappa shape index (κ1) is 33.8. The van der Waals surface area contributed by atoms with E-state index in [2.05, 4.69) is 37.0 Å². The summed E-state index contributed by atoms with van der Waals surface area (Å²) in [5.41, 5.74) is 1.49. The maximum absolute atomic E-state index is 13.8. The van der Waals surface area contributed by atoms with Crippen molar-refractivity contribution in [1.29, 1.82) is 10.5 Å². The lowest BCUT2D eigenvalue weighted by molar-refractivity contribution is -0.144. The summed E-state index contributed by atoms with van der Waals surface area (Å²) in [7, 11) is 0. The molecular weight excluding hydrogens is 605 g/mol. The van der Waals surface area contributed by atoms with Crippen LogP contribution < -0.4 is 25.8 Å². The molecule has 13 nitrogen and oxygen atoms in total. The molecule has 2 aliphatic heterocycles. The number of aromatic nitrogens is 2. The second-order valence-electron chi connectivity index (χ2n) is 11.0. The van der Waals surface area contributed by atoms with E-state index in [1.165, 1.54) is 6.07 Å². The molecule has 0 aliphatic carbocycles. The number of carboxylic acid groups (broad SMARTS) is 1. The molecule has 244 valence electrons. The van der Waals surface area contributed by atoms with Crippen LogP contribution in [0.5, 0.6) is 0 Å². The number of carbonyl (C=O) groups is 2. The Morgan fingerprint density at radius 2 is 1.67 bits per heavy atom. The number of hydrogen-bond acceptors (Lipinski definition) is 9. The van der Waals surface area contributed by atoms with Crippen LogP contribution in [-0.4, -0.2) is 78.2 Å². The largest absolute Gasteiger partial charge is 0.481 e. The summed E-state index contributed by atoms with van der Waals surface area (Å²) < 4.78 is 41.5. The summed E-state index contributed by atoms with van der Waals surface area (Å²) in [5.74, 6) is -1.84. The van der Waals surface area contributed by atoms with Crippen molar-refractivity contribution < 1.29 is 27.9 Å². The van der Waals surface area contributed by atoms with Gasteiger partial charge in [-0.1, -0.05) is 12.1 Å². The molecule has 4 rings (SSSR count). The summed E-state index contributed by atoms with van der Waals surface area (Å²) in [6.45, 7) is 2.29. The number of halogens is 3. The number of carboxylic acids is 1. The topological polar surface area (TPSA) is 183 Å². The fourth-order valence-corrected chi connectivity index (χ4v) is 5.31. The normalized spacial score (nSPS) is 17.0. The molecule has 4 N–H and O–H groups in total. The minimum absolute atomic E-state index is 0.0573. The van der Waals surface area contributed by atoms with E-state index in [4.69, 9.17) is 15.6 Å². The van der Waals surface area contributed by atoms with Gasteiger partial charge in [0.05, 0.1) is 18.1 Å². The molecule has 2 fully saturated rings. The van der Waals surface area contributed by atoms with Gasteiger partial charge in [0.15, 0.2) is 0 Å². The average Bonchev–Trinajstić information content (AvgIpc) is 3.00. The highest BCUT2D eigenvalue weighted by molar-refractivity contribution is 5.86. The summed E-state index contributed by atoms with van der Waals surface area (Å²) >= 11 is 0. The molecule has 1 aromatic heterocycles. The van der Waals surface area contributed by atoms with Gasteiger partial charge in [-0.05, 0) is 55.7 Å². The maximum Gasteiger partial charge on any atom is 0.451 e. The maximum atomic E-state index is 13.8. The molecule has 1 aromatic carbocycles. The molecule has 46 heavy (non-hydrogen) atoms. The number of guanidine groups is 1. The Hall–Kier alpha value is -5.12. The Kier molecular flexibility index (Phi) is 11.6. The van der Waals surface area contributed by atoms with Gasteiger partial charge in [0.1, 0.15) is 17.7 Å². The summed E-state index contributed by atoms with van der Waals surface area (Å²) in [6.07, 6.45) is -0.0727. The van der Waals surface area contributed by atoms with Crippen molar-refractivity contribution in [2.24, 2.45) is 10.9 Å². The molecule has 0 spiro atoms. The molecular formula is C30H35F3N10O3. The van der Waals surface area contributed by atoms with E-state index < -0.39 is 24.0 Å². The van der Waals surface area contributed by atoms with Gasteiger partial charge < -0.3 is 30.9 Å². The van der Waals surface area contributed by atoms with Crippen LogP contribution in [0.15, 0.2) is 35.3 Å². The van der Waals surface area contributed by atoms with Crippen molar-refractivity contribution in [2.45, 2.75) is 50.7 Å². The van der Waals surface area contributed by atoms with Crippen LogP contribution >= 0.6 is 0 Å². The molecule has 0 radical (unpaired) electrons. The lowest BCUT2D eigenvalue weighted by Gasteiger charge is -2.41. The Morgan fingerprint density at radius 3 is 2.28 bits per heavy atom. The standard InChI is InChI=1S/C30H35F3N10O3/c31-30(32,33)28-40-24(42-14-8-21(9-15-42)6-12-37-29(39-19-35)38-13-7-26(44)45)17-25(41-28)43-16-10-23(43)27(46)36-11-5-20-1-3-22(18-34)4-2-20/h1-4,17,21,23H,5-16H2,(H,36,46)(H,44,45)(H2,37,38,39). The van der Waals surface area contributed by atoms with E-state index in [-0.39, 0.29) is 42.4 Å². The van der Waals surface area contributed by atoms with E-state index in [9.17, 15) is 22.8 Å². The van der Waals surface area contributed by atoms with Crippen LogP contribution in [0.2, 0.25) is 0 Å². The summed E-state index contributed by atoms with van der Waals surface area (Å²) in [5, 5.41) is 35.2. The van der Waals surface area contributed by atoms with Crippen LogP contribution in [0.4, 0.5) is 24.8 Å². The van der Waals surface area contributed by atoms with Crippen molar-refractivity contribution in [1.82, 2.24) is 25.9 Å². The van der Waals surface area contributed by atoms with Gasteiger partial charge in [0.2, 0.25) is 23.9 Å². The third kappa shape index (κ3) is 9.44. The zero-order chi connectivity index (χ0) is 33.1. The fraction of sp³-hybridized carbons (Fsp3) is 0.500. The van der Waals surface area contributed by atoms with Crippen molar-refractivity contribution in [3.8, 4) is 12.3 Å². The Balaban J connectivity index is 1.32. The van der Waals surface area contributed by atoms with Crippen molar-refractivity contribution in [3.05, 3.63) is 47.3 Å². The first-order chi connectivity index (χ1) is 22.1. The quantitative estimate of drug-likeness (QED) is 0.152. The molecule has 0 bridgehead atoms. The number of piperidine rings is 1. The minimum Gasteiger partial charge on any atom is -0.481 e. The third-order valence-corrected chi connectivity index (χ3v) is 7.94. The fourth-order valence-electron chi connectivity index (χ4n) is 5.31. The molecule has 2 saturated heterocycles. The average molecular weight is 641 g/mol. The minimum atomic E-state index is -4.76. The number of aliphatic carboxylic acids is 1. The molecule has 1 atom stereocenters. The number of hydrogen-bond donors (Lipinski definition) is 4. The number of aliphatic imine (C=N–C) groups is 1. The lowest BCUT2D eigenvalue weighted by atomic mass is 9.93. The van der Waals surface area contributed by atoms with E-state index in [0.717, 1.165) is 12.0 Å². The van der Waals surface area contributed by atoms with Crippen molar-refractivity contribution in [2.75, 3.05) is 49.1 Å². The highest BCUT2D eigenvalue weighted by Crippen LogP contribution is 2.34. The molecule has 1 amide bonds. The van der Waals surface area contributed by atoms with Gasteiger partial charge in [0, 0.05) is 45.3 Å². The SMILES string of the molecule is N#C/N=C(\NCCC(=O)O)NCCC1CCN(c2cc(N3CCC3C(=O)NCCc3ccc(C#N)cc3)nc(C(F)(F)F)n2)CC1. The Labute approximate surface area is 264 Å². The zero-order valence-electron chi connectivity index (χ0n) is 25.1. The van der Waals surface area contributed by atoms with Crippen LogP contribution in [0.3, 0.4) is 0 Å². The number of carbonyl (C=O) groups excluding carboxylic acids is 1. The summed E-state index contributed by atoms with van der Waals surface area (Å²) in [6, 6.07) is 9.95. The van der Waals surface area contributed by atoms with Gasteiger partial charge in [-0.15, -0.1) is 4.99 Å². The van der Waals surface area contributed by atoms with Gasteiger partial charge in [-0.25, -0.2) is 9.97 Å². The monoisotopic (exact) mass is 640 g/mol. The molecule has 1 unspecified atom stereocenters. The number of alkyl halides is 3. The van der Waals surface area contributed by atoms with E-state index in [1.807, 2.05) is 12.1 Å². The number of anilines is 2. The van der Waals surface area contributed by atoms with Crippen LogP contribution in [-0.2, 0) is 22.2 Å². The Morgan fingerprint density at radius 1 is 0.978 bits per heavy atom.